The summed E-state index contributed by atoms with van der Waals surface area (Å²) >= 11 is 0. The molecule has 0 radical (unpaired) electrons. The van der Waals surface area contributed by atoms with E-state index >= 15 is 0 Å². The Labute approximate surface area is 223 Å². The lowest BCUT2D eigenvalue weighted by Gasteiger charge is -2.42. The van der Waals surface area contributed by atoms with Gasteiger partial charge in [0.05, 0.1) is 23.3 Å². The number of morpholine rings is 1. The van der Waals surface area contributed by atoms with Crippen molar-refractivity contribution in [3.05, 3.63) is 47.8 Å². The fourth-order valence-electron chi connectivity index (χ4n) is 5.83. The van der Waals surface area contributed by atoms with E-state index in [9.17, 15) is 5.26 Å². The highest BCUT2D eigenvalue weighted by atomic mass is 16.5. The van der Waals surface area contributed by atoms with Gasteiger partial charge in [0, 0.05) is 94.0 Å². The molecule has 6 rings (SSSR count). The summed E-state index contributed by atoms with van der Waals surface area (Å²) < 4.78 is 6.39. The molecular formula is C28H35N9O. The van der Waals surface area contributed by atoms with Gasteiger partial charge in [0.25, 0.3) is 0 Å². The average molecular weight is 514 g/mol. The number of nitrogens with two attached hydrogens (primary N) is 1. The number of fused-ring (bicyclic) bond motifs is 1. The topological polar surface area (TPSA) is 111 Å². The Morgan fingerprint density at radius 3 is 2.61 bits per heavy atom. The van der Waals surface area contributed by atoms with Crippen molar-refractivity contribution in [2.24, 2.45) is 5.73 Å². The molecule has 10 heteroatoms. The lowest BCUT2D eigenvalue weighted by atomic mass is 10.1. The summed E-state index contributed by atoms with van der Waals surface area (Å²) in [7, 11) is 0. The van der Waals surface area contributed by atoms with Crippen molar-refractivity contribution in [1.29, 1.82) is 5.26 Å². The monoisotopic (exact) mass is 513 g/mol. The Bertz CT molecular complexity index is 1340. The zero-order valence-corrected chi connectivity index (χ0v) is 22.1. The van der Waals surface area contributed by atoms with E-state index in [0.29, 0.717) is 5.56 Å². The number of piperazine rings is 1. The van der Waals surface area contributed by atoms with Gasteiger partial charge in [-0.3, -0.25) is 9.88 Å². The smallest absolute Gasteiger partial charge is 0.227 e. The van der Waals surface area contributed by atoms with Crippen molar-refractivity contribution in [2.45, 2.75) is 32.1 Å². The van der Waals surface area contributed by atoms with E-state index in [0.717, 1.165) is 93.0 Å². The van der Waals surface area contributed by atoms with E-state index in [1.807, 2.05) is 19.1 Å². The van der Waals surface area contributed by atoms with Crippen LogP contribution >= 0.6 is 0 Å². The van der Waals surface area contributed by atoms with Crippen LogP contribution in [0.25, 0.3) is 10.9 Å². The number of hydrogen-bond donors (Lipinski definition) is 1. The maximum absolute atomic E-state index is 9.52. The van der Waals surface area contributed by atoms with Crippen LogP contribution in [0, 0.1) is 18.3 Å². The summed E-state index contributed by atoms with van der Waals surface area (Å²) in [6.45, 7) is 12.1. The van der Waals surface area contributed by atoms with Gasteiger partial charge in [-0.15, -0.1) is 0 Å². The number of ether oxygens (including phenoxy) is 1. The average Bonchev–Trinajstić information content (AvgIpc) is 2.90. The maximum Gasteiger partial charge on any atom is 0.227 e. The highest BCUT2D eigenvalue weighted by Crippen LogP contribution is 2.30. The standard InChI is InChI=1S/C28H35N9O/c1-19-12-26(33-28(32-19)37-15-22(30)16-37)35-10-8-34(9-11-35)17-23-18-36(14-20(2)38-23)25-6-5-21(13-29)27-24(25)4-3-7-31-27/h3-7,12,20,22-23H,8-11,14-18,30H2,1-2H3/t20-,23+/m1/s1. The first-order chi connectivity index (χ1) is 18.5. The Morgan fingerprint density at radius 2 is 1.84 bits per heavy atom. The molecular weight excluding hydrogens is 478 g/mol. The van der Waals surface area contributed by atoms with Gasteiger partial charge in [-0.05, 0) is 38.1 Å². The molecule has 0 saturated carbocycles. The third-order valence-corrected chi connectivity index (χ3v) is 7.71. The minimum atomic E-state index is 0.108. The first-order valence-corrected chi connectivity index (χ1v) is 13.5. The normalized spacial score (nSPS) is 22.9. The summed E-state index contributed by atoms with van der Waals surface area (Å²) in [6, 6.07) is 12.5. The number of hydrogen-bond acceptors (Lipinski definition) is 10. The summed E-state index contributed by atoms with van der Waals surface area (Å²) in [6.07, 6.45) is 1.98. The van der Waals surface area contributed by atoms with Crippen LogP contribution in [-0.2, 0) is 4.74 Å². The molecule has 2 aromatic heterocycles. The van der Waals surface area contributed by atoms with Crippen molar-refractivity contribution in [3.63, 3.8) is 0 Å². The second kappa shape index (κ2) is 10.3. The summed E-state index contributed by atoms with van der Waals surface area (Å²) in [4.78, 5) is 23.4. The molecule has 198 valence electrons. The number of anilines is 3. The summed E-state index contributed by atoms with van der Waals surface area (Å²) in [5.41, 5.74) is 9.45. The van der Waals surface area contributed by atoms with Gasteiger partial charge in [0.1, 0.15) is 11.9 Å². The predicted octanol–water partition coefficient (Wildman–Crippen LogP) is 1.77. The molecule has 3 saturated heterocycles. The maximum atomic E-state index is 9.52. The van der Waals surface area contributed by atoms with E-state index in [1.54, 1.807) is 6.20 Å². The highest BCUT2D eigenvalue weighted by Gasteiger charge is 2.30. The molecule has 3 aliphatic heterocycles. The number of rotatable bonds is 5. The van der Waals surface area contributed by atoms with Gasteiger partial charge in [-0.2, -0.15) is 10.2 Å². The predicted molar refractivity (Wildman–Crippen MR) is 149 cm³/mol. The van der Waals surface area contributed by atoms with Crippen LogP contribution < -0.4 is 20.4 Å². The number of pyridine rings is 1. The SMILES string of the molecule is Cc1cc(N2CCN(C[C@H]3CN(c4ccc(C#N)c5ncccc45)C[C@@H](C)O3)CC2)nc(N2CC(N)C2)n1. The second-order valence-electron chi connectivity index (χ2n) is 10.7. The molecule has 38 heavy (non-hydrogen) atoms. The molecule has 3 fully saturated rings. The van der Waals surface area contributed by atoms with Crippen LogP contribution in [-0.4, -0.2) is 97.0 Å². The molecule has 3 aromatic rings. The molecule has 2 N–H and O–H groups in total. The van der Waals surface area contributed by atoms with Gasteiger partial charge >= 0.3 is 0 Å². The molecule has 5 heterocycles. The largest absolute Gasteiger partial charge is 0.370 e. The fraction of sp³-hybridized carbons (Fsp3) is 0.500. The number of benzene rings is 1. The van der Waals surface area contributed by atoms with Crippen molar-refractivity contribution < 1.29 is 4.74 Å². The van der Waals surface area contributed by atoms with E-state index in [-0.39, 0.29) is 18.2 Å². The molecule has 0 bridgehead atoms. The molecule has 0 aliphatic carbocycles. The van der Waals surface area contributed by atoms with E-state index < -0.39 is 0 Å². The quantitative estimate of drug-likeness (QED) is 0.542. The lowest BCUT2D eigenvalue weighted by molar-refractivity contribution is -0.0327. The Kier molecular flexibility index (Phi) is 6.74. The molecule has 0 amide bonds. The Hall–Kier alpha value is -3.52. The summed E-state index contributed by atoms with van der Waals surface area (Å²) in [5, 5.41) is 10.5. The van der Waals surface area contributed by atoms with Crippen LogP contribution in [0.3, 0.4) is 0 Å². The number of aromatic nitrogens is 3. The van der Waals surface area contributed by atoms with Crippen LogP contribution in [0.4, 0.5) is 17.5 Å². The summed E-state index contributed by atoms with van der Waals surface area (Å²) in [5.74, 6) is 1.79. The number of nitrogens with zero attached hydrogens (tertiary/aromatic N) is 8. The van der Waals surface area contributed by atoms with Crippen molar-refractivity contribution >= 4 is 28.4 Å². The fourth-order valence-corrected chi connectivity index (χ4v) is 5.83. The first-order valence-electron chi connectivity index (χ1n) is 13.5. The van der Waals surface area contributed by atoms with E-state index in [2.05, 4.69) is 60.8 Å². The molecule has 3 aliphatic rings. The minimum absolute atomic E-state index is 0.108. The first kappa shape index (κ1) is 24.8. The van der Waals surface area contributed by atoms with Gasteiger partial charge in [-0.1, -0.05) is 0 Å². The second-order valence-corrected chi connectivity index (χ2v) is 10.7. The molecule has 1 aromatic carbocycles. The number of nitriles is 1. The zero-order chi connectivity index (χ0) is 26.2. The van der Waals surface area contributed by atoms with Gasteiger partial charge in [0.2, 0.25) is 5.95 Å². The Balaban J connectivity index is 1.10. The third kappa shape index (κ3) is 4.97. The highest BCUT2D eigenvalue weighted by molar-refractivity contribution is 5.95. The van der Waals surface area contributed by atoms with Gasteiger partial charge in [0.15, 0.2) is 0 Å². The molecule has 0 spiro atoms. The van der Waals surface area contributed by atoms with Crippen LogP contribution in [0.1, 0.15) is 18.2 Å². The van der Waals surface area contributed by atoms with Crippen molar-refractivity contribution in [2.75, 3.05) is 73.6 Å². The lowest BCUT2D eigenvalue weighted by Crippen LogP contribution is -2.56. The zero-order valence-electron chi connectivity index (χ0n) is 22.1. The van der Waals surface area contributed by atoms with Crippen LogP contribution in [0.5, 0.6) is 0 Å². The van der Waals surface area contributed by atoms with Gasteiger partial charge < -0.3 is 25.2 Å². The molecule has 2 atom stereocenters. The molecule has 0 unspecified atom stereocenters. The van der Waals surface area contributed by atoms with E-state index in [1.165, 1.54) is 0 Å². The van der Waals surface area contributed by atoms with E-state index in [4.69, 9.17) is 15.5 Å². The van der Waals surface area contributed by atoms with Crippen molar-refractivity contribution in [1.82, 2.24) is 19.9 Å². The van der Waals surface area contributed by atoms with Crippen molar-refractivity contribution in [3.8, 4) is 6.07 Å². The minimum Gasteiger partial charge on any atom is -0.370 e. The van der Waals surface area contributed by atoms with Gasteiger partial charge in [-0.25, -0.2) is 4.98 Å². The molecule has 10 nitrogen and oxygen atoms in total. The third-order valence-electron chi connectivity index (χ3n) is 7.71. The van der Waals surface area contributed by atoms with Crippen LogP contribution in [0.15, 0.2) is 36.5 Å². The van der Waals surface area contributed by atoms with Crippen LogP contribution in [0.2, 0.25) is 0 Å². The Morgan fingerprint density at radius 1 is 1.03 bits per heavy atom. The number of aryl methyl sites for hydroxylation is 1.